The molecule has 1 fully saturated rings. The Morgan fingerprint density at radius 3 is 2.79 bits per heavy atom. The van der Waals surface area contributed by atoms with Crippen molar-refractivity contribution in [3.05, 3.63) is 24.3 Å². The minimum Gasteiger partial charge on any atom is -0.380 e. The minimum absolute atomic E-state index is 0.265. The number of thiocarbonyl (C=S) groups is 1. The van der Waals surface area contributed by atoms with E-state index < -0.39 is 0 Å². The van der Waals surface area contributed by atoms with Crippen LogP contribution < -0.4 is 16.5 Å². The van der Waals surface area contributed by atoms with Gasteiger partial charge in [-0.05, 0) is 25.1 Å². The topological polar surface area (TPSA) is 88.2 Å². The lowest BCUT2D eigenvalue weighted by molar-refractivity contribution is 0.412. The van der Waals surface area contributed by atoms with Gasteiger partial charge in [0.15, 0.2) is 10.9 Å². The van der Waals surface area contributed by atoms with E-state index in [9.17, 15) is 0 Å². The van der Waals surface area contributed by atoms with E-state index in [1.54, 1.807) is 18.6 Å². The maximum Gasteiger partial charge on any atom is 0.187 e. The first-order valence-corrected chi connectivity index (χ1v) is 6.82. The van der Waals surface area contributed by atoms with Crippen molar-refractivity contribution in [3.63, 3.8) is 0 Å². The molecule has 1 heterocycles. The highest BCUT2D eigenvalue weighted by Gasteiger charge is 2.13. The molecule has 6 nitrogen and oxygen atoms in total. The second kappa shape index (κ2) is 6.98. The van der Waals surface area contributed by atoms with Gasteiger partial charge in [-0.2, -0.15) is 5.10 Å². The Bertz CT molecular complexity index is 441. The predicted octanol–water partition coefficient (Wildman–Crippen LogP) is 0.894. The molecule has 4 N–H and O–H groups in total. The van der Waals surface area contributed by atoms with Crippen molar-refractivity contribution >= 4 is 23.2 Å². The monoisotopic (exact) mass is 278 g/mol. The zero-order valence-corrected chi connectivity index (χ0v) is 11.5. The zero-order valence-electron chi connectivity index (χ0n) is 10.7. The van der Waals surface area contributed by atoms with Crippen molar-refractivity contribution in [1.29, 1.82) is 0 Å². The summed E-state index contributed by atoms with van der Waals surface area (Å²) < 4.78 is 0. The fourth-order valence-electron chi connectivity index (χ4n) is 2.06. The summed E-state index contributed by atoms with van der Waals surface area (Å²) in [4.78, 5) is 7.98. The van der Waals surface area contributed by atoms with Gasteiger partial charge in [0.2, 0.25) is 0 Å². The van der Waals surface area contributed by atoms with Crippen LogP contribution in [0.4, 0.5) is 0 Å². The van der Waals surface area contributed by atoms with Crippen LogP contribution in [0.15, 0.2) is 23.7 Å². The van der Waals surface area contributed by atoms with Crippen LogP contribution in [0, 0.1) is 0 Å². The van der Waals surface area contributed by atoms with Crippen molar-refractivity contribution in [1.82, 2.24) is 20.7 Å². The first-order chi connectivity index (χ1) is 9.25. The molecule has 1 aliphatic carbocycles. The Hall–Kier alpha value is -1.76. The summed E-state index contributed by atoms with van der Waals surface area (Å²) in [7, 11) is 0. The molecule has 1 aliphatic rings. The molecule has 0 aromatic carbocycles. The summed E-state index contributed by atoms with van der Waals surface area (Å²) in [6, 6.07) is 0.446. The average Bonchev–Trinajstić information content (AvgIpc) is 2.47. The molecule has 0 atom stereocenters. The van der Waals surface area contributed by atoms with E-state index >= 15 is 0 Å². The number of nitrogens with one attached hydrogen (secondary N) is 2. The van der Waals surface area contributed by atoms with Crippen molar-refractivity contribution in [2.24, 2.45) is 10.8 Å². The van der Waals surface area contributed by atoms with Crippen LogP contribution in [0.5, 0.6) is 0 Å². The second-order valence-corrected chi connectivity index (χ2v) is 4.92. The molecular formula is C12H18N6S. The first-order valence-electron chi connectivity index (χ1n) is 6.42. The van der Waals surface area contributed by atoms with E-state index in [2.05, 4.69) is 25.8 Å². The number of amidine groups is 1. The maximum atomic E-state index is 5.77. The van der Waals surface area contributed by atoms with Crippen LogP contribution in [0.1, 0.15) is 37.8 Å². The van der Waals surface area contributed by atoms with Crippen molar-refractivity contribution in [2.45, 2.75) is 38.1 Å². The molecule has 1 saturated carbocycles. The van der Waals surface area contributed by atoms with Crippen molar-refractivity contribution < 1.29 is 0 Å². The van der Waals surface area contributed by atoms with Gasteiger partial charge < -0.3 is 11.1 Å². The third-order valence-corrected chi connectivity index (χ3v) is 3.25. The van der Waals surface area contributed by atoms with Crippen LogP contribution in [-0.2, 0) is 0 Å². The Kier molecular flexibility index (Phi) is 5.02. The third kappa shape index (κ3) is 4.44. The Balaban J connectivity index is 1.82. The van der Waals surface area contributed by atoms with Crippen LogP contribution >= 0.6 is 12.2 Å². The summed E-state index contributed by atoms with van der Waals surface area (Å²) in [6.45, 7) is 0. The summed E-state index contributed by atoms with van der Waals surface area (Å²) >= 11 is 5.18. The quantitative estimate of drug-likeness (QED) is 0.329. The fourth-order valence-corrected chi connectivity index (χ4v) is 2.28. The van der Waals surface area contributed by atoms with Gasteiger partial charge in [0, 0.05) is 18.4 Å². The van der Waals surface area contributed by atoms with Gasteiger partial charge in [0.25, 0.3) is 0 Å². The van der Waals surface area contributed by atoms with Gasteiger partial charge in [-0.25, -0.2) is 4.98 Å². The Morgan fingerprint density at radius 2 is 2.11 bits per heavy atom. The first kappa shape index (κ1) is 13.7. The smallest absolute Gasteiger partial charge is 0.187 e. The molecule has 0 saturated heterocycles. The lowest BCUT2D eigenvalue weighted by Crippen LogP contribution is -2.41. The molecular weight excluding hydrogens is 260 g/mol. The van der Waals surface area contributed by atoms with Crippen LogP contribution in [0.25, 0.3) is 0 Å². The van der Waals surface area contributed by atoms with E-state index in [4.69, 9.17) is 18.0 Å². The van der Waals surface area contributed by atoms with Crippen molar-refractivity contribution in [3.8, 4) is 0 Å². The summed E-state index contributed by atoms with van der Waals surface area (Å²) in [6.07, 6.45) is 10.8. The normalized spacial score (nSPS) is 16.9. The van der Waals surface area contributed by atoms with Gasteiger partial charge >= 0.3 is 0 Å². The zero-order chi connectivity index (χ0) is 13.5. The maximum absolute atomic E-state index is 5.77. The van der Waals surface area contributed by atoms with E-state index in [1.165, 1.54) is 19.3 Å². The lowest BCUT2D eigenvalue weighted by atomic mass is 9.96. The van der Waals surface area contributed by atoms with Gasteiger partial charge in [0.05, 0.1) is 6.20 Å². The molecule has 2 rings (SSSR count). The SMILES string of the molecule is N/C(=N\NC(=S)NC1CCCCC1)c1cnccn1. The number of hydrogen-bond donors (Lipinski definition) is 3. The minimum atomic E-state index is 0.265. The number of hydrogen-bond acceptors (Lipinski definition) is 4. The number of nitrogens with zero attached hydrogens (tertiary/aromatic N) is 3. The third-order valence-electron chi connectivity index (χ3n) is 3.04. The van der Waals surface area contributed by atoms with Gasteiger partial charge in [0.1, 0.15) is 5.69 Å². The molecule has 0 radical (unpaired) electrons. The van der Waals surface area contributed by atoms with E-state index in [-0.39, 0.29) is 5.84 Å². The molecule has 0 unspecified atom stereocenters. The van der Waals surface area contributed by atoms with Gasteiger partial charge in [-0.15, -0.1) is 0 Å². The fraction of sp³-hybridized carbons (Fsp3) is 0.500. The van der Waals surface area contributed by atoms with Crippen LogP contribution in [0.2, 0.25) is 0 Å². The highest BCUT2D eigenvalue weighted by atomic mass is 32.1. The summed E-state index contributed by atoms with van der Waals surface area (Å²) in [5.41, 5.74) is 9.04. The number of hydrazone groups is 1. The van der Waals surface area contributed by atoms with Crippen LogP contribution in [-0.4, -0.2) is 27.0 Å². The molecule has 102 valence electrons. The standard InChI is InChI=1S/C12H18N6S/c13-11(10-8-14-6-7-15-10)17-18-12(19)16-9-4-2-1-3-5-9/h6-9H,1-5H2,(H2,13,17)(H2,16,18,19). The molecule has 0 bridgehead atoms. The predicted molar refractivity (Wildman–Crippen MR) is 78.5 cm³/mol. The molecule has 19 heavy (non-hydrogen) atoms. The molecule has 7 heteroatoms. The average molecular weight is 278 g/mol. The summed E-state index contributed by atoms with van der Waals surface area (Å²) in [5.74, 6) is 0.265. The number of nitrogens with two attached hydrogens (primary N) is 1. The van der Waals surface area contributed by atoms with Gasteiger partial charge in [-0.1, -0.05) is 19.3 Å². The lowest BCUT2D eigenvalue weighted by Gasteiger charge is -2.23. The van der Waals surface area contributed by atoms with E-state index in [1.807, 2.05) is 0 Å². The highest BCUT2D eigenvalue weighted by molar-refractivity contribution is 7.80. The van der Waals surface area contributed by atoms with Crippen molar-refractivity contribution in [2.75, 3.05) is 0 Å². The largest absolute Gasteiger partial charge is 0.380 e. The second-order valence-electron chi connectivity index (χ2n) is 4.51. The number of aromatic nitrogens is 2. The molecule has 0 spiro atoms. The van der Waals surface area contributed by atoms with E-state index in [0.717, 1.165) is 12.8 Å². The van der Waals surface area contributed by atoms with Crippen LogP contribution in [0.3, 0.4) is 0 Å². The molecule has 0 aliphatic heterocycles. The van der Waals surface area contributed by atoms with E-state index in [0.29, 0.717) is 16.8 Å². The Labute approximate surface area is 117 Å². The van der Waals surface area contributed by atoms with Gasteiger partial charge in [-0.3, -0.25) is 10.4 Å². The Morgan fingerprint density at radius 1 is 1.32 bits per heavy atom. The summed E-state index contributed by atoms with van der Waals surface area (Å²) in [5, 5.41) is 7.74. The molecule has 0 amide bonds. The highest BCUT2D eigenvalue weighted by Crippen LogP contribution is 2.17. The number of rotatable bonds is 3. The molecule has 1 aromatic heterocycles. The molecule has 1 aromatic rings.